The zero-order chi connectivity index (χ0) is 33.3. The van der Waals surface area contributed by atoms with Gasteiger partial charge in [-0.3, -0.25) is 4.79 Å². The Hall–Kier alpha value is -5.22. The maximum absolute atomic E-state index is 14.7. The molecule has 4 aromatic rings. The van der Waals surface area contributed by atoms with Gasteiger partial charge in [0, 0.05) is 13.0 Å². The number of aliphatic hydroxyl groups excluding tert-OH is 1. The highest BCUT2D eigenvalue weighted by atomic mass is 16.5. The molecule has 1 aliphatic heterocycles. The number of hydrogen-bond acceptors (Lipinski definition) is 7. The van der Waals surface area contributed by atoms with Crippen LogP contribution in [0.25, 0.3) is 0 Å². The lowest BCUT2D eigenvalue weighted by Gasteiger charge is -2.36. The topological polar surface area (TPSA) is 123 Å². The van der Waals surface area contributed by atoms with Gasteiger partial charge in [0.1, 0.15) is 0 Å². The fourth-order valence-electron chi connectivity index (χ4n) is 5.90. The van der Waals surface area contributed by atoms with E-state index in [4.69, 9.17) is 9.47 Å². The number of nitrogens with zero attached hydrogens (tertiary/aromatic N) is 3. The number of methoxy groups -OCH3 is 2. The number of benzene rings is 4. The number of hydrogen-bond donors (Lipinski definition) is 3. The number of rotatable bonds is 12. The average molecular weight is 640 g/mol. The molecule has 0 spiro atoms. The van der Waals surface area contributed by atoms with Crippen LogP contribution < -0.4 is 9.47 Å². The normalized spacial score (nSPS) is 16.6. The smallest absolute Gasteiger partial charge is 0.339 e. The Morgan fingerprint density at radius 2 is 1.32 bits per heavy atom. The minimum Gasteiger partial charge on any atom is -0.504 e. The molecule has 0 saturated carbocycles. The zero-order valence-corrected chi connectivity index (χ0v) is 26.7. The first-order valence-corrected chi connectivity index (χ1v) is 15.6. The molecule has 1 fully saturated rings. The van der Waals surface area contributed by atoms with Gasteiger partial charge in [0.05, 0.1) is 39.5 Å². The number of amides is 3. The van der Waals surface area contributed by atoms with Gasteiger partial charge in [0.2, 0.25) is 5.91 Å². The monoisotopic (exact) mass is 639 g/mol. The van der Waals surface area contributed by atoms with E-state index in [1.54, 1.807) is 29.2 Å². The first-order chi connectivity index (χ1) is 22.8. The number of hydrazine groups is 1. The number of phenols is 2. The van der Waals surface area contributed by atoms with Gasteiger partial charge < -0.3 is 29.7 Å². The number of β-amino-alcohol motifs (C(OH)–C–C–N with tert-alkyl or cyclic N) is 1. The molecule has 2 atom stereocenters. The van der Waals surface area contributed by atoms with Crippen molar-refractivity contribution in [1.82, 2.24) is 14.9 Å². The summed E-state index contributed by atoms with van der Waals surface area (Å²) in [5.41, 5.74) is 3.33. The molecular formula is C37H41N3O7. The molecule has 0 unspecified atom stereocenters. The van der Waals surface area contributed by atoms with Crippen molar-refractivity contribution in [2.24, 2.45) is 0 Å². The predicted octanol–water partition coefficient (Wildman–Crippen LogP) is 5.29. The number of aliphatic hydroxyl groups is 1. The summed E-state index contributed by atoms with van der Waals surface area (Å²) in [5, 5.41) is 35.0. The van der Waals surface area contributed by atoms with Crippen LogP contribution in [0.2, 0.25) is 0 Å². The molecule has 3 N–H and O–H groups in total. The predicted molar refractivity (Wildman–Crippen MR) is 177 cm³/mol. The van der Waals surface area contributed by atoms with Crippen molar-refractivity contribution in [1.29, 1.82) is 0 Å². The molecular weight excluding hydrogens is 598 g/mol. The van der Waals surface area contributed by atoms with Crippen LogP contribution in [-0.2, 0) is 30.7 Å². The van der Waals surface area contributed by atoms with Gasteiger partial charge >= 0.3 is 6.03 Å². The highest BCUT2D eigenvalue weighted by Gasteiger charge is 2.42. The highest BCUT2D eigenvalue weighted by molar-refractivity contribution is 5.82. The minimum absolute atomic E-state index is 0.0138. The molecule has 4 aromatic carbocycles. The largest absolute Gasteiger partial charge is 0.504 e. The Morgan fingerprint density at radius 3 is 1.89 bits per heavy atom. The van der Waals surface area contributed by atoms with Crippen molar-refractivity contribution in [2.45, 2.75) is 50.9 Å². The Bertz CT molecular complexity index is 1650. The molecule has 1 aliphatic rings. The first-order valence-electron chi connectivity index (χ1n) is 15.6. The third-order valence-corrected chi connectivity index (χ3v) is 8.41. The fraction of sp³-hybridized carbons (Fsp3) is 0.297. The van der Waals surface area contributed by atoms with E-state index in [1.807, 2.05) is 60.7 Å². The molecule has 10 heteroatoms. The fourth-order valence-corrected chi connectivity index (χ4v) is 5.90. The summed E-state index contributed by atoms with van der Waals surface area (Å²) in [4.78, 5) is 30.3. The maximum atomic E-state index is 14.7. The number of urea groups is 1. The van der Waals surface area contributed by atoms with Crippen molar-refractivity contribution in [3.63, 3.8) is 0 Å². The van der Waals surface area contributed by atoms with E-state index in [9.17, 15) is 24.9 Å². The second kappa shape index (κ2) is 15.4. The van der Waals surface area contributed by atoms with E-state index in [-0.39, 0.29) is 55.0 Å². The number of aromatic hydroxyl groups is 2. The van der Waals surface area contributed by atoms with E-state index in [1.165, 1.54) is 36.4 Å². The first kappa shape index (κ1) is 33.2. The molecule has 47 heavy (non-hydrogen) atoms. The van der Waals surface area contributed by atoms with Crippen molar-refractivity contribution in [2.75, 3.05) is 20.8 Å². The summed E-state index contributed by atoms with van der Waals surface area (Å²) in [6.07, 6.45) is 0.686. The quantitative estimate of drug-likeness (QED) is 0.193. The maximum Gasteiger partial charge on any atom is 0.339 e. The summed E-state index contributed by atoms with van der Waals surface area (Å²) in [5.74, 6) is 0.127. The van der Waals surface area contributed by atoms with E-state index in [0.29, 0.717) is 30.4 Å². The Balaban J connectivity index is 1.52. The van der Waals surface area contributed by atoms with Crippen LogP contribution in [0.1, 0.15) is 35.1 Å². The minimum atomic E-state index is -1.09. The summed E-state index contributed by atoms with van der Waals surface area (Å²) in [6, 6.07) is 27.9. The Labute approximate surface area is 275 Å². The van der Waals surface area contributed by atoms with Crippen LogP contribution >= 0.6 is 0 Å². The third kappa shape index (κ3) is 8.14. The van der Waals surface area contributed by atoms with Gasteiger partial charge in [-0.15, -0.1) is 0 Å². The second-order valence-corrected chi connectivity index (χ2v) is 11.6. The number of ether oxygens (including phenoxy) is 2. The molecule has 5 rings (SSSR count). The number of carbonyl (C=O) groups excluding carboxylic acids is 2. The van der Waals surface area contributed by atoms with Crippen molar-refractivity contribution in [3.8, 4) is 23.0 Å². The lowest BCUT2D eigenvalue weighted by atomic mass is 9.99. The molecule has 246 valence electrons. The number of carbonyl (C=O) groups is 2. The molecule has 0 aromatic heterocycles. The van der Waals surface area contributed by atoms with Gasteiger partial charge in [0.15, 0.2) is 23.0 Å². The van der Waals surface area contributed by atoms with Gasteiger partial charge in [-0.1, -0.05) is 72.8 Å². The van der Waals surface area contributed by atoms with E-state index >= 15 is 0 Å². The highest BCUT2D eigenvalue weighted by Crippen LogP contribution is 2.31. The molecule has 0 radical (unpaired) electrons. The Morgan fingerprint density at radius 1 is 0.766 bits per heavy atom. The molecule has 0 bridgehead atoms. The second-order valence-electron chi connectivity index (χ2n) is 11.6. The van der Waals surface area contributed by atoms with E-state index < -0.39 is 18.2 Å². The lowest BCUT2D eigenvalue weighted by Crippen LogP contribution is -2.52. The molecule has 3 amide bonds. The summed E-state index contributed by atoms with van der Waals surface area (Å²) < 4.78 is 10.6. The molecule has 0 aliphatic carbocycles. The van der Waals surface area contributed by atoms with Crippen LogP contribution in [0.15, 0.2) is 97.1 Å². The summed E-state index contributed by atoms with van der Waals surface area (Å²) >= 11 is 0. The number of aryl methyl sites for hydroxylation is 1. The van der Waals surface area contributed by atoms with Gasteiger partial charge in [-0.25, -0.2) is 14.8 Å². The van der Waals surface area contributed by atoms with Gasteiger partial charge in [-0.05, 0) is 65.8 Å². The molecule has 1 heterocycles. The van der Waals surface area contributed by atoms with Crippen molar-refractivity contribution in [3.05, 3.63) is 119 Å². The van der Waals surface area contributed by atoms with Crippen LogP contribution in [-0.4, -0.2) is 75.1 Å². The van der Waals surface area contributed by atoms with E-state index in [2.05, 4.69) is 0 Å². The van der Waals surface area contributed by atoms with Gasteiger partial charge in [0.25, 0.3) is 0 Å². The summed E-state index contributed by atoms with van der Waals surface area (Å²) in [7, 11) is 2.89. The third-order valence-electron chi connectivity index (χ3n) is 8.41. The van der Waals surface area contributed by atoms with Crippen LogP contribution in [0.5, 0.6) is 23.0 Å². The average Bonchev–Trinajstić information content (AvgIpc) is 3.17. The lowest BCUT2D eigenvalue weighted by molar-refractivity contribution is -0.147. The van der Waals surface area contributed by atoms with Gasteiger partial charge in [-0.2, -0.15) is 0 Å². The molecule has 10 nitrogen and oxygen atoms in total. The zero-order valence-electron chi connectivity index (χ0n) is 26.7. The SMILES string of the molecule is COc1cc(CN2C(=O)N(Cc3ccc(O)c(OC)c3)N(C(=O)CCCc3ccccc3)C[C@@H](O)[C@H]2Cc2ccccc2)ccc1O. The van der Waals surface area contributed by atoms with Crippen LogP contribution in [0.4, 0.5) is 4.79 Å². The Kier molecular flexibility index (Phi) is 10.8. The van der Waals surface area contributed by atoms with Crippen LogP contribution in [0.3, 0.4) is 0 Å². The van der Waals surface area contributed by atoms with E-state index in [0.717, 1.165) is 11.1 Å². The van der Waals surface area contributed by atoms with Crippen LogP contribution in [0, 0.1) is 0 Å². The van der Waals surface area contributed by atoms with Crippen molar-refractivity contribution >= 4 is 11.9 Å². The summed E-state index contributed by atoms with van der Waals surface area (Å²) in [6.45, 7) is -0.0342. The molecule has 1 saturated heterocycles. The van der Waals surface area contributed by atoms with Crippen molar-refractivity contribution < 1.29 is 34.4 Å². The number of phenolic OH excluding ortho intramolecular Hbond substituents is 2. The standard InChI is InChI=1S/C37H41N3O7/c1-46-34-21-28(16-18-31(34)41)23-38-30(20-27-12-7-4-8-13-27)33(43)25-39(36(44)15-9-14-26-10-5-3-6-11-26)40(37(38)45)24-29-17-19-32(42)35(22-29)47-2/h3-8,10-13,16-19,21-22,30,33,41-43H,9,14-15,20,23-25H2,1-2H3/t30-,33-/m1/s1.